The van der Waals surface area contributed by atoms with E-state index in [0.29, 0.717) is 0 Å². The number of benzene rings is 1. The van der Waals surface area contributed by atoms with Gasteiger partial charge in [-0.15, -0.1) is 0 Å². The Labute approximate surface area is 88.4 Å². The molecule has 0 amide bonds. The van der Waals surface area contributed by atoms with E-state index in [9.17, 15) is 0 Å². The molecule has 0 unspecified atom stereocenters. The normalized spacial score (nSPS) is 10.7. The number of ether oxygens (including phenoxy) is 1. The number of hydrogen-bond donors (Lipinski definition) is 1. The van der Waals surface area contributed by atoms with E-state index in [1.54, 1.807) is 18.7 Å². The molecular formula is C12H12N2O. The molecule has 2 rings (SSSR count). The molecule has 3 heteroatoms. The molecule has 1 N–H and O–H groups in total. The van der Waals surface area contributed by atoms with Crippen molar-refractivity contribution in [2.45, 2.75) is 6.42 Å². The second-order valence-electron chi connectivity index (χ2n) is 3.04. The van der Waals surface area contributed by atoms with Crippen molar-refractivity contribution in [2.24, 2.45) is 0 Å². The Morgan fingerprint density at radius 2 is 2.13 bits per heavy atom. The second-order valence-corrected chi connectivity index (χ2v) is 3.04. The molecule has 0 spiro atoms. The first kappa shape index (κ1) is 9.52. The molecule has 0 saturated heterocycles. The highest BCUT2D eigenvalue weighted by atomic mass is 16.5. The lowest BCUT2D eigenvalue weighted by Crippen LogP contribution is -1.85. The first-order chi connectivity index (χ1) is 7.45. The third-order valence-electron chi connectivity index (χ3n) is 1.91. The van der Waals surface area contributed by atoms with E-state index in [2.05, 4.69) is 9.97 Å². The van der Waals surface area contributed by atoms with Crippen LogP contribution in [0.3, 0.4) is 0 Å². The minimum Gasteiger partial charge on any atom is -0.465 e. The highest BCUT2D eigenvalue weighted by Crippen LogP contribution is 2.08. The van der Waals surface area contributed by atoms with E-state index in [1.165, 1.54) is 0 Å². The second kappa shape index (κ2) is 5.00. The van der Waals surface area contributed by atoms with Gasteiger partial charge in [-0.3, -0.25) is 0 Å². The van der Waals surface area contributed by atoms with Crippen molar-refractivity contribution < 1.29 is 4.74 Å². The summed E-state index contributed by atoms with van der Waals surface area (Å²) >= 11 is 0. The summed E-state index contributed by atoms with van der Waals surface area (Å²) in [6, 6.07) is 9.67. The summed E-state index contributed by atoms with van der Waals surface area (Å²) in [5, 5.41) is 0. The molecule has 2 aromatic rings. The van der Waals surface area contributed by atoms with E-state index >= 15 is 0 Å². The number of allylic oxidation sites excluding steroid dienone is 1. The van der Waals surface area contributed by atoms with Gasteiger partial charge in [0.15, 0.2) is 0 Å². The first-order valence-electron chi connectivity index (χ1n) is 4.80. The molecule has 0 atom stereocenters. The van der Waals surface area contributed by atoms with Crippen LogP contribution in [0, 0.1) is 0 Å². The lowest BCUT2D eigenvalue weighted by Gasteiger charge is -1.97. The van der Waals surface area contributed by atoms with Crippen molar-refractivity contribution in [1.82, 2.24) is 9.97 Å². The molecule has 15 heavy (non-hydrogen) atoms. The van der Waals surface area contributed by atoms with Crippen molar-refractivity contribution >= 4 is 0 Å². The smallest absolute Gasteiger partial charge is 0.126 e. The van der Waals surface area contributed by atoms with Gasteiger partial charge < -0.3 is 9.72 Å². The predicted octanol–water partition coefficient (Wildman–Crippen LogP) is 2.54. The molecule has 0 aliphatic carbocycles. The number of H-pyrrole nitrogens is 1. The zero-order valence-electron chi connectivity index (χ0n) is 8.26. The average Bonchev–Trinajstić information content (AvgIpc) is 2.79. The third kappa shape index (κ3) is 2.98. The average molecular weight is 200 g/mol. The Morgan fingerprint density at radius 3 is 2.87 bits per heavy atom. The highest BCUT2D eigenvalue weighted by molar-refractivity contribution is 5.21. The fourth-order valence-electron chi connectivity index (χ4n) is 1.20. The lowest BCUT2D eigenvalue weighted by molar-refractivity contribution is 0.479. The van der Waals surface area contributed by atoms with Crippen molar-refractivity contribution in [3.05, 3.63) is 60.9 Å². The maximum absolute atomic E-state index is 5.38. The van der Waals surface area contributed by atoms with Crippen LogP contribution >= 0.6 is 0 Å². The van der Waals surface area contributed by atoms with Crippen molar-refractivity contribution in [2.75, 3.05) is 0 Å². The van der Waals surface area contributed by atoms with Gasteiger partial charge >= 0.3 is 0 Å². The van der Waals surface area contributed by atoms with Crippen molar-refractivity contribution in [1.29, 1.82) is 0 Å². The number of aromatic amines is 1. The van der Waals surface area contributed by atoms with E-state index in [0.717, 1.165) is 18.0 Å². The van der Waals surface area contributed by atoms with Gasteiger partial charge in [0, 0.05) is 18.8 Å². The van der Waals surface area contributed by atoms with Crippen LogP contribution < -0.4 is 4.74 Å². The molecule has 0 aliphatic rings. The monoisotopic (exact) mass is 200 g/mol. The van der Waals surface area contributed by atoms with E-state index in [1.807, 2.05) is 36.4 Å². The number of aromatic nitrogens is 2. The molecule has 0 radical (unpaired) electrons. The summed E-state index contributed by atoms with van der Waals surface area (Å²) in [7, 11) is 0. The van der Waals surface area contributed by atoms with Crippen LogP contribution in [0.4, 0.5) is 0 Å². The molecule has 0 bridgehead atoms. The van der Waals surface area contributed by atoms with Crippen LogP contribution in [0.2, 0.25) is 0 Å². The van der Waals surface area contributed by atoms with Gasteiger partial charge in [0.05, 0.1) is 6.26 Å². The van der Waals surface area contributed by atoms with Crippen LogP contribution in [0.5, 0.6) is 5.75 Å². The zero-order chi connectivity index (χ0) is 10.3. The number of imidazole rings is 1. The summed E-state index contributed by atoms with van der Waals surface area (Å²) in [5.41, 5.74) is 0. The van der Waals surface area contributed by atoms with E-state index < -0.39 is 0 Å². The Morgan fingerprint density at radius 1 is 1.27 bits per heavy atom. The summed E-state index contributed by atoms with van der Waals surface area (Å²) < 4.78 is 5.38. The minimum atomic E-state index is 0.750. The Bertz CT molecular complexity index is 406. The molecule has 0 fully saturated rings. The molecular weight excluding hydrogens is 188 g/mol. The summed E-state index contributed by atoms with van der Waals surface area (Å²) in [4.78, 5) is 7.12. The lowest BCUT2D eigenvalue weighted by atomic mass is 10.3. The summed E-state index contributed by atoms with van der Waals surface area (Å²) in [6.07, 6.45) is 7.89. The number of para-hydroxylation sites is 1. The topological polar surface area (TPSA) is 37.9 Å². The molecule has 0 aliphatic heterocycles. The number of nitrogens with one attached hydrogen (secondary N) is 1. The quantitative estimate of drug-likeness (QED) is 0.770. The number of hydrogen-bond acceptors (Lipinski definition) is 2. The molecule has 1 aromatic heterocycles. The van der Waals surface area contributed by atoms with Crippen LogP contribution in [-0.4, -0.2) is 9.97 Å². The summed E-state index contributed by atoms with van der Waals surface area (Å²) in [5.74, 6) is 1.77. The van der Waals surface area contributed by atoms with Crippen LogP contribution in [-0.2, 0) is 6.42 Å². The van der Waals surface area contributed by atoms with Crippen LogP contribution in [0.1, 0.15) is 5.82 Å². The van der Waals surface area contributed by atoms with Gasteiger partial charge in [0.2, 0.25) is 0 Å². The highest BCUT2D eigenvalue weighted by Gasteiger charge is 1.89. The largest absolute Gasteiger partial charge is 0.465 e. The number of rotatable bonds is 4. The Kier molecular flexibility index (Phi) is 3.18. The van der Waals surface area contributed by atoms with Gasteiger partial charge in [-0.05, 0) is 18.2 Å². The maximum atomic E-state index is 5.38. The third-order valence-corrected chi connectivity index (χ3v) is 1.91. The molecule has 0 saturated carbocycles. The fraction of sp³-hybridized carbons (Fsp3) is 0.0833. The van der Waals surface area contributed by atoms with Crippen LogP contribution in [0.25, 0.3) is 0 Å². The number of nitrogens with zero attached hydrogens (tertiary/aromatic N) is 1. The van der Waals surface area contributed by atoms with Crippen molar-refractivity contribution in [3.8, 4) is 5.75 Å². The summed E-state index contributed by atoms with van der Waals surface area (Å²) in [6.45, 7) is 0. The van der Waals surface area contributed by atoms with Gasteiger partial charge in [0.25, 0.3) is 0 Å². The zero-order valence-corrected chi connectivity index (χ0v) is 8.26. The Balaban J connectivity index is 1.81. The molecule has 1 heterocycles. The standard InChI is InChI=1S/C12H12N2O/c1-2-5-11(6-3-1)15-10-4-7-12-13-8-9-14-12/h1-6,8-10H,7H2,(H,13,14). The fourth-order valence-corrected chi connectivity index (χ4v) is 1.20. The Hall–Kier alpha value is -2.03. The first-order valence-corrected chi connectivity index (χ1v) is 4.80. The van der Waals surface area contributed by atoms with Crippen molar-refractivity contribution in [3.63, 3.8) is 0 Å². The van der Waals surface area contributed by atoms with E-state index in [4.69, 9.17) is 4.74 Å². The van der Waals surface area contributed by atoms with Gasteiger partial charge in [-0.2, -0.15) is 0 Å². The SMILES string of the molecule is C(=COc1ccccc1)Cc1ncc[nH]1. The van der Waals surface area contributed by atoms with Gasteiger partial charge in [-0.25, -0.2) is 4.98 Å². The molecule has 3 nitrogen and oxygen atoms in total. The van der Waals surface area contributed by atoms with Gasteiger partial charge in [-0.1, -0.05) is 18.2 Å². The molecule has 76 valence electrons. The van der Waals surface area contributed by atoms with Crippen LogP contribution in [0.15, 0.2) is 55.1 Å². The van der Waals surface area contributed by atoms with E-state index in [-0.39, 0.29) is 0 Å². The predicted molar refractivity (Wildman–Crippen MR) is 58.5 cm³/mol. The molecule has 1 aromatic carbocycles. The minimum absolute atomic E-state index is 0.750. The maximum Gasteiger partial charge on any atom is 0.126 e. The van der Waals surface area contributed by atoms with Gasteiger partial charge in [0.1, 0.15) is 11.6 Å².